The normalized spacial score (nSPS) is 19.6. The number of phenols is 1. The zero-order valence-corrected chi connectivity index (χ0v) is 24.4. The van der Waals surface area contributed by atoms with Crippen LogP contribution in [-0.2, 0) is 21.3 Å². The van der Waals surface area contributed by atoms with E-state index in [1.165, 1.54) is 0 Å². The summed E-state index contributed by atoms with van der Waals surface area (Å²) in [7, 11) is -3.81. The monoisotopic (exact) mass is 570 g/mol. The molecule has 216 valence electrons. The fraction of sp³-hybridized carbons (Fsp3) is 0.517. The summed E-state index contributed by atoms with van der Waals surface area (Å²) in [5.74, 6) is 1.90. The first-order valence-corrected chi connectivity index (χ1v) is 15.6. The molecule has 2 N–H and O–H groups in total. The van der Waals surface area contributed by atoms with Gasteiger partial charge in [-0.25, -0.2) is 22.5 Å². The highest BCUT2D eigenvalue weighted by Gasteiger charge is 2.36. The van der Waals surface area contributed by atoms with E-state index in [9.17, 15) is 18.3 Å². The number of rotatable bonds is 8. The number of aromatic nitrogens is 1. The van der Waals surface area contributed by atoms with Crippen molar-refractivity contribution >= 4 is 21.9 Å². The lowest BCUT2D eigenvalue weighted by Crippen LogP contribution is -2.43. The topological polar surface area (TPSA) is 121 Å². The minimum atomic E-state index is -3.81. The number of pyridine rings is 1. The molecule has 1 atom stereocenters. The molecule has 1 aliphatic carbocycles. The fourth-order valence-corrected chi connectivity index (χ4v) is 5.98. The molecule has 2 aromatic rings. The lowest BCUT2D eigenvalue weighted by atomic mass is 9.86. The van der Waals surface area contributed by atoms with Gasteiger partial charge < -0.3 is 19.5 Å². The van der Waals surface area contributed by atoms with E-state index in [1.54, 1.807) is 18.2 Å². The number of urea groups is 1. The molecule has 2 fully saturated rings. The smallest absolute Gasteiger partial charge is 0.336 e. The number of benzene rings is 1. The van der Waals surface area contributed by atoms with Crippen molar-refractivity contribution in [2.75, 3.05) is 31.3 Å². The van der Waals surface area contributed by atoms with Crippen molar-refractivity contribution in [1.29, 1.82) is 0 Å². The van der Waals surface area contributed by atoms with E-state index in [-0.39, 0.29) is 24.0 Å². The number of carbonyl (C=O) groups excluding carboxylic acids is 1. The first-order valence-electron chi connectivity index (χ1n) is 13.7. The average Bonchev–Trinajstić information content (AvgIpc) is 3.69. The molecule has 40 heavy (non-hydrogen) atoms. The van der Waals surface area contributed by atoms with Gasteiger partial charge in [0.25, 0.3) is 0 Å². The van der Waals surface area contributed by atoms with E-state index >= 15 is 0 Å². The predicted molar refractivity (Wildman–Crippen MR) is 152 cm³/mol. The highest BCUT2D eigenvalue weighted by atomic mass is 32.2. The summed E-state index contributed by atoms with van der Waals surface area (Å²) in [4.78, 5) is 19.6. The number of likely N-dealkylation sites (tertiary alicyclic amines) is 1. The Hall–Kier alpha value is -3.47. The van der Waals surface area contributed by atoms with Crippen LogP contribution in [-0.4, -0.2) is 65.3 Å². The Labute approximate surface area is 236 Å². The molecule has 0 bridgehead atoms. The number of hydrogen-bond acceptors (Lipinski definition) is 8. The quantitative estimate of drug-likeness (QED) is 0.425. The highest BCUT2D eigenvalue weighted by molar-refractivity contribution is 7.88. The second kappa shape index (κ2) is 10.5. The van der Waals surface area contributed by atoms with E-state index < -0.39 is 21.7 Å². The van der Waals surface area contributed by atoms with Crippen LogP contribution in [0.5, 0.6) is 11.5 Å². The second-order valence-electron chi connectivity index (χ2n) is 11.9. The molecule has 1 saturated carbocycles. The van der Waals surface area contributed by atoms with Crippen LogP contribution in [0, 0.1) is 5.92 Å². The Balaban J connectivity index is 1.58. The zero-order valence-electron chi connectivity index (χ0n) is 23.6. The Kier molecular flexibility index (Phi) is 7.37. The van der Waals surface area contributed by atoms with E-state index in [1.807, 2.05) is 26.8 Å². The van der Waals surface area contributed by atoms with Crippen molar-refractivity contribution in [2.45, 2.75) is 64.5 Å². The summed E-state index contributed by atoms with van der Waals surface area (Å²) in [5.41, 5.74) is 2.00. The molecular weight excluding hydrogens is 532 g/mol. The van der Waals surface area contributed by atoms with Crippen LogP contribution in [0.25, 0.3) is 11.3 Å². The standard InChI is InChI=1S/C29H38N4O6S/c1-18(39-29(2,3)4)32-13-7-8-20(15-32)21-14-23(26-24(34)9-6-10-25(26)38-17-19-11-12-19)30-27-22(21)16-33(28(35)31-27)40(5,36)37/h6,9-10,14,19-20,34H,1,7-8,11-13,15-17H2,2-5H3,(H,30,31,35). The number of amides is 2. The van der Waals surface area contributed by atoms with Crippen molar-refractivity contribution in [3.05, 3.63) is 47.9 Å². The van der Waals surface area contributed by atoms with Crippen molar-refractivity contribution < 1.29 is 27.8 Å². The van der Waals surface area contributed by atoms with Crippen molar-refractivity contribution in [1.82, 2.24) is 14.2 Å². The number of carbonyl (C=O) groups is 1. The van der Waals surface area contributed by atoms with Gasteiger partial charge in [0.1, 0.15) is 22.9 Å². The van der Waals surface area contributed by atoms with Crippen LogP contribution in [0.2, 0.25) is 0 Å². The zero-order chi connectivity index (χ0) is 28.8. The summed E-state index contributed by atoms with van der Waals surface area (Å²) in [6.45, 7) is 11.9. The number of anilines is 1. The number of nitrogens with zero attached hydrogens (tertiary/aromatic N) is 3. The third kappa shape index (κ3) is 6.14. The average molecular weight is 571 g/mol. The number of nitrogens with one attached hydrogen (secondary N) is 1. The summed E-state index contributed by atoms with van der Waals surface area (Å²) in [6, 6.07) is 6.26. The van der Waals surface area contributed by atoms with Crippen LogP contribution in [0.15, 0.2) is 36.7 Å². The molecule has 1 aromatic heterocycles. The van der Waals surface area contributed by atoms with E-state index in [0.717, 1.165) is 48.4 Å². The summed E-state index contributed by atoms with van der Waals surface area (Å²) in [6.07, 6.45) is 4.98. The van der Waals surface area contributed by atoms with Crippen LogP contribution in [0.1, 0.15) is 63.5 Å². The first-order chi connectivity index (χ1) is 18.8. The number of phenolic OH excluding ortho intramolecular Hbond substituents is 1. The molecule has 0 spiro atoms. The predicted octanol–water partition coefficient (Wildman–Crippen LogP) is 5.02. The van der Waals surface area contributed by atoms with E-state index in [0.29, 0.717) is 47.5 Å². The van der Waals surface area contributed by atoms with Gasteiger partial charge in [0, 0.05) is 24.6 Å². The number of piperidine rings is 1. The Morgan fingerprint density at radius 3 is 2.67 bits per heavy atom. The minimum absolute atomic E-state index is 0.0174. The van der Waals surface area contributed by atoms with Crippen molar-refractivity contribution in [2.24, 2.45) is 5.92 Å². The van der Waals surface area contributed by atoms with Crippen molar-refractivity contribution in [3.8, 4) is 22.8 Å². The SMILES string of the molecule is C=C(OC(C)(C)C)N1CCCC(c2cc(-c3c(O)cccc3OCC3CC3)nc3c2CN(S(C)(=O)=O)C(=O)N3)C1. The molecule has 2 amide bonds. The van der Waals surface area contributed by atoms with Gasteiger partial charge in [-0.05, 0) is 82.7 Å². The lowest BCUT2D eigenvalue weighted by Gasteiger charge is -2.39. The third-order valence-electron chi connectivity index (χ3n) is 7.38. The molecule has 0 radical (unpaired) electrons. The van der Waals surface area contributed by atoms with Crippen LogP contribution in [0.3, 0.4) is 0 Å². The molecule has 11 heteroatoms. The second-order valence-corrected chi connectivity index (χ2v) is 13.8. The number of sulfonamides is 1. The van der Waals surface area contributed by atoms with Gasteiger partial charge >= 0.3 is 6.03 Å². The van der Waals surface area contributed by atoms with Gasteiger partial charge in [0.15, 0.2) is 5.88 Å². The molecular formula is C29H38N4O6S. The molecule has 5 rings (SSSR count). The maximum atomic E-state index is 12.8. The maximum absolute atomic E-state index is 12.8. The van der Waals surface area contributed by atoms with Gasteiger partial charge in [-0.3, -0.25) is 5.32 Å². The molecule has 3 heterocycles. The van der Waals surface area contributed by atoms with Gasteiger partial charge in [0.05, 0.1) is 30.7 Å². The molecule has 1 unspecified atom stereocenters. The first kappa shape index (κ1) is 28.1. The van der Waals surface area contributed by atoms with Gasteiger partial charge in [-0.15, -0.1) is 0 Å². The van der Waals surface area contributed by atoms with Crippen molar-refractivity contribution in [3.63, 3.8) is 0 Å². The minimum Gasteiger partial charge on any atom is -0.507 e. The van der Waals surface area contributed by atoms with Crippen LogP contribution >= 0.6 is 0 Å². The fourth-order valence-electron chi connectivity index (χ4n) is 5.27. The number of hydrogen-bond donors (Lipinski definition) is 2. The highest BCUT2D eigenvalue weighted by Crippen LogP contribution is 2.43. The van der Waals surface area contributed by atoms with Crippen LogP contribution in [0.4, 0.5) is 10.6 Å². The molecule has 3 aliphatic rings. The van der Waals surface area contributed by atoms with Gasteiger partial charge in [-0.2, -0.15) is 0 Å². The summed E-state index contributed by atoms with van der Waals surface area (Å²) < 4.78 is 37.8. The van der Waals surface area contributed by atoms with E-state index in [4.69, 9.17) is 14.5 Å². The van der Waals surface area contributed by atoms with Gasteiger partial charge in [-0.1, -0.05) is 6.07 Å². The largest absolute Gasteiger partial charge is 0.507 e. The molecule has 2 aliphatic heterocycles. The molecule has 1 saturated heterocycles. The molecule has 1 aromatic carbocycles. The third-order valence-corrected chi connectivity index (χ3v) is 8.48. The van der Waals surface area contributed by atoms with E-state index in [2.05, 4.69) is 16.8 Å². The Morgan fingerprint density at radius 2 is 2.00 bits per heavy atom. The lowest BCUT2D eigenvalue weighted by molar-refractivity contribution is -0.00379. The summed E-state index contributed by atoms with van der Waals surface area (Å²) in [5, 5.41) is 13.6. The van der Waals surface area contributed by atoms with Crippen LogP contribution < -0.4 is 10.1 Å². The maximum Gasteiger partial charge on any atom is 0.336 e. The number of aromatic hydroxyl groups is 1. The number of fused-ring (bicyclic) bond motifs is 1. The Morgan fingerprint density at radius 1 is 1.25 bits per heavy atom. The summed E-state index contributed by atoms with van der Waals surface area (Å²) >= 11 is 0. The molecule has 10 nitrogen and oxygen atoms in total. The Bertz CT molecular complexity index is 1430. The van der Waals surface area contributed by atoms with Gasteiger partial charge in [0.2, 0.25) is 10.0 Å². The number of ether oxygens (including phenoxy) is 2.